The van der Waals surface area contributed by atoms with Gasteiger partial charge in [-0.05, 0) is 42.8 Å². The highest BCUT2D eigenvalue weighted by molar-refractivity contribution is 6.33. The zero-order chi connectivity index (χ0) is 17.7. The SMILES string of the molecule is C[C@H](OC(=O)Cc1ccc(Cl)cc1)C(=O)Nc1ccc(F)cc1Cl. The number of carbonyl (C=O) groups excluding carboxylic acids is 2. The first-order chi connectivity index (χ1) is 11.3. The number of anilines is 1. The molecule has 1 N–H and O–H groups in total. The number of halogens is 3. The van der Waals surface area contributed by atoms with Gasteiger partial charge in [0.2, 0.25) is 0 Å². The minimum Gasteiger partial charge on any atom is -0.452 e. The lowest BCUT2D eigenvalue weighted by Crippen LogP contribution is -2.30. The normalized spacial score (nSPS) is 11.7. The quantitative estimate of drug-likeness (QED) is 0.801. The van der Waals surface area contributed by atoms with Crippen molar-refractivity contribution in [3.05, 3.63) is 63.9 Å². The van der Waals surface area contributed by atoms with Gasteiger partial charge in [-0.15, -0.1) is 0 Å². The van der Waals surface area contributed by atoms with Crippen LogP contribution in [0.15, 0.2) is 42.5 Å². The van der Waals surface area contributed by atoms with E-state index in [9.17, 15) is 14.0 Å². The maximum absolute atomic E-state index is 13.0. The highest BCUT2D eigenvalue weighted by Gasteiger charge is 2.19. The fraction of sp³-hybridized carbons (Fsp3) is 0.176. The summed E-state index contributed by atoms with van der Waals surface area (Å²) in [5.41, 5.74) is 0.960. The number of hydrogen-bond donors (Lipinski definition) is 1. The Balaban J connectivity index is 1.90. The molecule has 0 saturated heterocycles. The summed E-state index contributed by atoms with van der Waals surface area (Å²) in [7, 11) is 0. The smallest absolute Gasteiger partial charge is 0.311 e. The van der Waals surface area contributed by atoms with Crippen LogP contribution in [0.1, 0.15) is 12.5 Å². The molecular formula is C17H14Cl2FNO3. The van der Waals surface area contributed by atoms with E-state index < -0.39 is 23.8 Å². The maximum Gasteiger partial charge on any atom is 0.311 e. The van der Waals surface area contributed by atoms with E-state index in [2.05, 4.69) is 5.32 Å². The van der Waals surface area contributed by atoms with Crippen LogP contribution in [0.25, 0.3) is 0 Å². The van der Waals surface area contributed by atoms with Crippen LogP contribution in [0.2, 0.25) is 10.0 Å². The molecule has 0 aliphatic rings. The molecule has 1 atom stereocenters. The number of hydrogen-bond acceptors (Lipinski definition) is 3. The van der Waals surface area contributed by atoms with Crippen molar-refractivity contribution in [1.29, 1.82) is 0 Å². The highest BCUT2D eigenvalue weighted by Crippen LogP contribution is 2.22. The summed E-state index contributed by atoms with van der Waals surface area (Å²) < 4.78 is 18.1. The van der Waals surface area contributed by atoms with Crippen molar-refractivity contribution in [2.24, 2.45) is 0 Å². The van der Waals surface area contributed by atoms with Gasteiger partial charge in [0.25, 0.3) is 5.91 Å². The fourth-order valence-corrected chi connectivity index (χ4v) is 2.23. The van der Waals surface area contributed by atoms with E-state index in [1.165, 1.54) is 19.1 Å². The van der Waals surface area contributed by atoms with Crippen LogP contribution in [-0.2, 0) is 20.7 Å². The molecule has 4 nitrogen and oxygen atoms in total. The summed E-state index contributed by atoms with van der Waals surface area (Å²) in [6.07, 6.45) is -1.00. The molecule has 0 aliphatic carbocycles. The molecular weight excluding hydrogens is 356 g/mol. The first-order valence-electron chi connectivity index (χ1n) is 7.05. The molecule has 126 valence electrons. The Kier molecular flexibility index (Phi) is 6.17. The van der Waals surface area contributed by atoms with Crippen molar-refractivity contribution in [1.82, 2.24) is 0 Å². The predicted molar refractivity (Wildman–Crippen MR) is 90.7 cm³/mol. The van der Waals surface area contributed by atoms with Crippen molar-refractivity contribution in [3.8, 4) is 0 Å². The van der Waals surface area contributed by atoms with E-state index >= 15 is 0 Å². The molecule has 0 bridgehead atoms. The number of rotatable bonds is 5. The highest BCUT2D eigenvalue weighted by atomic mass is 35.5. The average Bonchev–Trinajstić information content (AvgIpc) is 2.52. The second-order valence-corrected chi connectivity index (χ2v) is 5.89. The Labute approximate surface area is 148 Å². The molecule has 2 rings (SSSR count). The first-order valence-corrected chi connectivity index (χ1v) is 7.80. The van der Waals surface area contributed by atoms with Gasteiger partial charge in [-0.3, -0.25) is 9.59 Å². The second-order valence-electron chi connectivity index (χ2n) is 5.05. The molecule has 0 radical (unpaired) electrons. The molecule has 0 unspecified atom stereocenters. The van der Waals surface area contributed by atoms with Crippen molar-refractivity contribution in [2.75, 3.05) is 5.32 Å². The van der Waals surface area contributed by atoms with Crippen LogP contribution >= 0.6 is 23.2 Å². The Morgan fingerprint density at radius 3 is 2.46 bits per heavy atom. The van der Waals surface area contributed by atoms with Gasteiger partial charge >= 0.3 is 5.97 Å². The van der Waals surface area contributed by atoms with Gasteiger partial charge in [0.1, 0.15) is 5.82 Å². The van der Waals surface area contributed by atoms with Crippen molar-refractivity contribution < 1.29 is 18.7 Å². The minimum atomic E-state index is -1.02. The summed E-state index contributed by atoms with van der Waals surface area (Å²) in [5, 5.41) is 3.11. The van der Waals surface area contributed by atoms with Crippen molar-refractivity contribution >= 4 is 40.8 Å². The first kappa shape index (κ1) is 18.2. The molecule has 0 fully saturated rings. The summed E-state index contributed by atoms with van der Waals surface area (Å²) in [5.74, 6) is -1.63. The van der Waals surface area contributed by atoms with Crippen LogP contribution < -0.4 is 5.32 Å². The second kappa shape index (κ2) is 8.13. The lowest BCUT2D eigenvalue weighted by atomic mass is 10.1. The Bertz CT molecular complexity index is 750. The third-order valence-electron chi connectivity index (χ3n) is 3.13. The monoisotopic (exact) mass is 369 g/mol. The topological polar surface area (TPSA) is 55.4 Å². The number of amides is 1. The molecule has 0 saturated carbocycles. The Morgan fingerprint density at radius 1 is 1.17 bits per heavy atom. The molecule has 0 aliphatic heterocycles. The minimum absolute atomic E-state index is 0.0199. The molecule has 2 aromatic rings. The van der Waals surface area contributed by atoms with E-state index in [0.717, 1.165) is 11.6 Å². The summed E-state index contributed by atoms with van der Waals surface area (Å²) in [6, 6.07) is 10.3. The fourth-order valence-electron chi connectivity index (χ4n) is 1.89. The van der Waals surface area contributed by atoms with Gasteiger partial charge in [-0.2, -0.15) is 0 Å². The van der Waals surface area contributed by atoms with Gasteiger partial charge in [0, 0.05) is 5.02 Å². The van der Waals surface area contributed by atoms with E-state index in [-0.39, 0.29) is 17.1 Å². The largest absolute Gasteiger partial charge is 0.452 e. The molecule has 0 aromatic heterocycles. The maximum atomic E-state index is 13.0. The number of carbonyl (C=O) groups is 2. The lowest BCUT2D eigenvalue weighted by molar-refractivity contribution is -0.152. The average molecular weight is 370 g/mol. The van der Waals surface area contributed by atoms with Crippen LogP contribution in [0.4, 0.5) is 10.1 Å². The van der Waals surface area contributed by atoms with Crippen LogP contribution in [0, 0.1) is 5.82 Å². The van der Waals surface area contributed by atoms with Crippen LogP contribution in [0.3, 0.4) is 0 Å². The number of ether oxygens (including phenoxy) is 1. The van der Waals surface area contributed by atoms with E-state index in [0.29, 0.717) is 5.02 Å². The standard InChI is InChI=1S/C17H14Cl2FNO3/c1-10(17(23)21-15-7-6-13(20)9-14(15)19)24-16(22)8-11-2-4-12(18)5-3-11/h2-7,9-10H,8H2,1H3,(H,21,23)/t10-/m0/s1. The number of nitrogens with one attached hydrogen (secondary N) is 1. The lowest BCUT2D eigenvalue weighted by Gasteiger charge is -2.14. The molecule has 2 aromatic carbocycles. The van der Waals surface area contributed by atoms with E-state index in [1.54, 1.807) is 24.3 Å². The van der Waals surface area contributed by atoms with Crippen LogP contribution in [0.5, 0.6) is 0 Å². The van der Waals surface area contributed by atoms with E-state index in [4.69, 9.17) is 27.9 Å². The van der Waals surface area contributed by atoms with Crippen LogP contribution in [-0.4, -0.2) is 18.0 Å². The molecule has 0 spiro atoms. The molecule has 1 amide bonds. The Morgan fingerprint density at radius 2 is 1.83 bits per heavy atom. The molecule has 24 heavy (non-hydrogen) atoms. The number of benzene rings is 2. The third kappa shape index (κ3) is 5.22. The molecule has 7 heteroatoms. The zero-order valence-corrected chi connectivity index (χ0v) is 14.2. The van der Waals surface area contributed by atoms with Crippen molar-refractivity contribution in [3.63, 3.8) is 0 Å². The van der Waals surface area contributed by atoms with Crippen molar-refractivity contribution in [2.45, 2.75) is 19.4 Å². The van der Waals surface area contributed by atoms with Gasteiger partial charge in [-0.25, -0.2) is 4.39 Å². The Hall–Kier alpha value is -2.11. The zero-order valence-electron chi connectivity index (χ0n) is 12.7. The summed E-state index contributed by atoms with van der Waals surface area (Å²) >= 11 is 11.6. The molecule has 0 heterocycles. The number of esters is 1. The third-order valence-corrected chi connectivity index (χ3v) is 3.69. The van der Waals surface area contributed by atoms with Gasteiger partial charge in [-0.1, -0.05) is 35.3 Å². The van der Waals surface area contributed by atoms with E-state index in [1.807, 2.05) is 0 Å². The van der Waals surface area contributed by atoms with Gasteiger partial charge < -0.3 is 10.1 Å². The van der Waals surface area contributed by atoms with Gasteiger partial charge in [0.15, 0.2) is 6.10 Å². The summed E-state index contributed by atoms with van der Waals surface area (Å²) in [6.45, 7) is 1.44. The summed E-state index contributed by atoms with van der Waals surface area (Å²) in [4.78, 5) is 23.9. The van der Waals surface area contributed by atoms with Gasteiger partial charge in [0.05, 0.1) is 17.1 Å². The predicted octanol–water partition coefficient (Wildman–Crippen LogP) is 4.25.